The number of hydrogen-bond donors (Lipinski definition) is 0. The van der Waals surface area contributed by atoms with E-state index in [4.69, 9.17) is 4.74 Å². The summed E-state index contributed by atoms with van der Waals surface area (Å²) in [6, 6.07) is 11.7. The summed E-state index contributed by atoms with van der Waals surface area (Å²) in [7, 11) is 3.51. The lowest BCUT2D eigenvalue weighted by Crippen LogP contribution is -2.52. The average Bonchev–Trinajstić information content (AvgIpc) is 3.41. The van der Waals surface area contributed by atoms with Gasteiger partial charge in [0.2, 0.25) is 0 Å². The number of piperidine rings is 3. The SMILES string of the molecule is CN(C)C(=O)c1cccc(-c2ccc(N3C[C@@H](C4CN5CCC4CC5)OC3=O)s2)c1. The summed E-state index contributed by atoms with van der Waals surface area (Å²) < 4.78 is 5.83. The third-order valence-electron chi connectivity index (χ3n) is 6.68. The molecule has 6 rings (SSSR count). The summed E-state index contributed by atoms with van der Waals surface area (Å²) in [6.07, 6.45) is 2.20. The second kappa shape index (κ2) is 7.71. The van der Waals surface area contributed by atoms with E-state index in [1.165, 1.54) is 25.9 Å². The molecule has 2 aromatic rings. The zero-order chi connectivity index (χ0) is 20.8. The molecule has 1 aromatic heterocycles. The predicted molar refractivity (Wildman–Crippen MR) is 118 cm³/mol. The highest BCUT2D eigenvalue weighted by Crippen LogP contribution is 2.40. The summed E-state index contributed by atoms with van der Waals surface area (Å²) in [6.45, 7) is 4.07. The lowest BCUT2D eigenvalue weighted by atomic mass is 9.76. The van der Waals surface area contributed by atoms with Crippen molar-refractivity contribution in [2.24, 2.45) is 11.8 Å². The molecule has 1 unspecified atom stereocenters. The molecule has 5 heterocycles. The number of nitrogens with zero attached hydrogens (tertiary/aromatic N) is 3. The third kappa shape index (κ3) is 3.50. The first kappa shape index (κ1) is 19.6. The minimum atomic E-state index is -0.235. The first-order valence-corrected chi connectivity index (χ1v) is 11.4. The van der Waals surface area contributed by atoms with Crippen molar-refractivity contribution in [3.05, 3.63) is 42.0 Å². The van der Waals surface area contributed by atoms with Crippen LogP contribution in [0.25, 0.3) is 10.4 Å². The predicted octanol–water partition coefficient (Wildman–Crippen LogP) is 3.78. The highest BCUT2D eigenvalue weighted by Gasteiger charge is 2.45. The molecule has 0 aliphatic carbocycles. The van der Waals surface area contributed by atoms with Crippen molar-refractivity contribution in [2.45, 2.75) is 18.9 Å². The Kier molecular flexibility index (Phi) is 5.03. The summed E-state index contributed by atoms with van der Waals surface area (Å²) in [5.41, 5.74) is 1.65. The first-order chi connectivity index (χ1) is 14.5. The molecule has 0 spiro atoms. The maximum Gasteiger partial charge on any atom is 0.415 e. The van der Waals surface area contributed by atoms with Gasteiger partial charge >= 0.3 is 6.09 Å². The molecule has 4 fully saturated rings. The number of anilines is 1. The van der Waals surface area contributed by atoms with E-state index in [-0.39, 0.29) is 18.1 Å². The Bertz CT molecular complexity index is 964. The van der Waals surface area contributed by atoms with E-state index in [0.717, 1.165) is 22.0 Å². The minimum absolute atomic E-state index is 0.0165. The number of carbonyl (C=O) groups is 2. The normalized spacial score (nSPS) is 27.9. The van der Waals surface area contributed by atoms with Gasteiger partial charge in [-0.3, -0.25) is 9.69 Å². The maximum absolute atomic E-state index is 12.6. The lowest BCUT2D eigenvalue weighted by Gasteiger charge is -2.46. The standard InChI is InChI=1S/C23H27N3O3S/c1-24(2)22(27)17-5-3-4-16(12-17)20-6-7-21(30-20)26-14-19(29-23(26)28)18-13-25-10-8-15(18)9-11-25/h3-7,12,15,18-19H,8-11,13-14H2,1-2H3/t18?,19-/m0/s1. The Morgan fingerprint density at radius 1 is 1.13 bits per heavy atom. The van der Waals surface area contributed by atoms with Crippen LogP contribution in [0.1, 0.15) is 23.2 Å². The van der Waals surface area contributed by atoms with E-state index >= 15 is 0 Å². The molecule has 4 saturated heterocycles. The van der Waals surface area contributed by atoms with E-state index in [0.29, 0.717) is 23.9 Å². The lowest BCUT2D eigenvalue weighted by molar-refractivity contribution is -0.0138. The molecule has 0 saturated carbocycles. The van der Waals surface area contributed by atoms with Crippen molar-refractivity contribution in [1.82, 2.24) is 9.80 Å². The fraction of sp³-hybridized carbons (Fsp3) is 0.478. The van der Waals surface area contributed by atoms with Crippen molar-refractivity contribution >= 4 is 28.3 Å². The van der Waals surface area contributed by atoms with Gasteiger partial charge in [-0.2, -0.15) is 0 Å². The van der Waals surface area contributed by atoms with Crippen molar-refractivity contribution in [2.75, 3.05) is 45.2 Å². The Balaban J connectivity index is 1.33. The van der Waals surface area contributed by atoms with Crippen LogP contribution in [0.15, 0.2) is 36.4 Å². The Morgan fingerprint density at radius 2 is 1.93 bits per heavy atom. The van der Waals surface area contributed by atoms with Gasteiger partial charge in [0.15, 0.2) is 0 Å². The van der Waals surface area contributed by atoms with Crippen molar-refractivity contribution in [3.8, 4) is 10.4 Å². The van der Waals surface area contributed by atoms with Crippen LogP contribution in [0.3, 0.4) is 0 Å². The smallest absolute Gasteiger partial charge is 0.415 e. The number of carbonyl (C=O) groups excluding carboxylic acids is 2. The van der Waals surface area contributed by atoms with Gasteiger partial charge in [-0.1, -0.05) is 12.1 Å². The minimum Gasteiger partial charge on any atom is -0.444 e. The number of benzene rings is 1. The highest BCUT2D eigenvalue weighted by atomic mass is 32.1. The molecular formula is C23H27N3O3S. The fourth-order valence-electron chi connectivity index (χ4n) is 5.01. The summed E-state index contributed by atoms with van der Waals surface area (Å²) in [5.74, 6) is 1.12. The number of rotatable bonds is 4. The number of cyclic esters (lactones) is 1. The molecule has 2 amide bonds. The van der Waals surface area contributed by atoms with Gasteiger partial charge < -0.3 is 14.5 Å². The number of thiophene rings is 1. The van der Waals surface area contributed by atoms with E-state index < -0.39 is 0 Å². The Labute approximate surface area is 181 Å². The Hall–Kier alpha value is -2.38. The number of fused-ring (bicyclic) bond motifs is 3. The van der Waals surface area contributed by atoms with Gasteiger partial charge in [0.05, 0.1) is 6.54 Å². The van der Waals surface area contributed by atoms with Crippen LogP contribution < -0.4 is 4.90 Å². The van der Waals surface area contributed by atoms with Crippen LogP contribution in [0.4, 0.5) is 9.80 Å². The molecule has 4 aliphatic heterocycles. The van der Waals surface area contributed by atoms with Crippen molar-refractivity contribution in [3.63, 3.8) is 0 Å². The molecule has 158 valence electrons. The van der Waals surface area contributed by atoms with Gasteiger partial charge in [-0.15, -0.1) is 11.3 Å². The summed E-state index contributed by atoms with van der Waals surface area (Å²) in [5, 5.41) is 0.906. The molecule has 2 atom stereocenters. The second-order valence-corrected chi connectivity index (χ2v) is 9.82. The van der Waals surface area contributed by atoms with Crippen LogP contribution in [0.5, 0.6) is 0 Å². The van der Waals surface area contributed by atoms with Crippen LogP contribution in [0, 0.1) is 11.8 Å². The maximum atomic E-state index is 12.6. The van der Waals surface area contributed by atoms with Crippen molar-refractivity contribution < 1.29 is 14.3 Å². The summed E-state index contributed by atoms with van der Waals surface area (Å²) >= 11 is 1.57. The van der Waals surface area contributed by atoms with E-state index in [1.807, 2.05) is 36.4 Å². The summed E-state index contributed by atoms with van der Waals surface area (Å²) in [4.78, 5) is 31.8. The molecule has 1 aromatic carbocycles. The van der Waals surface area contributed by atoms with Crippen LogP contribution in [-0.2, 0) is 4.74 Å². The molecule has 4 aliphatic rings. The van der Waals surface area contributed by atoms with Crippen LogP contribution in [-0.4, -0.2) is 68.2 Å². The second-order valence-electron chi connectivity index (χ2n) is 8.75. The molecule has 7 heteroatoms. The van der Waals surface area contributed by atoms with Crippen LogP contribution in [0.2, 0.25) is 0 Å². The molecule has 2 bridgehead atoms. The number of amides is 2. The quantitative estimate of drug-likeness (QED) is 0.748. The molecular weight excluding hydrogens is 398 g/mol. The van der Waals surface area contributed by atoms with Gasteiger partial charge in [0.1, 0.15) is 11.1 Å². The molecule has 0 N–H and O–H groups in total. The Morgan fingerprint density at radius 3 is 2.63 bits per heavy atom. The monoisotopic (exact) mass is 425 g/mol. The topological polar surface area (TPSA) is 53.1 Å². The molecule has 0 radical (unpaired) electrons. The zero-order valence-corrected chi connectivity index (χ0v) is 18.2. The van der Waals surface area contributed by atoms with Gasteiger partial charge in [-0.25, -0.2) is 4.79 Å². The van der Waals surface area contributed by atoms with Gasteiger partial charge in [0.25, 0.3) is 5.91 Å². The fourth-order valence-corrected chi connectivity index (χ4v) is 6.01. The van der Waals surface area contributed by atoms with Gasteiger partial charge in [0, 0.05) is 37.0 Å². The van der Waals surface area contributed by atoms with E-state index in [2.05, 4.69) is 4.90 Å². The number of hydrogen-bond acceptors (Lipinski definition) is 5. The first-order valence-electron chi connectivity index (χ1n) is 10.6. The largest absolute Gasteiger partial charge is 0.444 e. The average molecular weight is 426 g/mol. The zero-order valence-electron chi connectivity index (χ0n) is 17.4. The van der Waals surface area contributed by atoms with Gasteiger partial charge in [-0.05, 0) is 61.7 Å². The third-order valence-corrected chi connectivity index (χ3v) is 7.83. The molecule has 6 nitrogen and oxygen atoms in total. The van der Waals surface area contributed by atoms with Crippen LogP contribution >= 0.6 is 11.3 Å². The van der Waals surface area contributed by atoms with Crippen molar-refractivity contribution in [1.29, 1.82) is 0 Å². The van der Waals surface area contributed by atoms with E-state index in [9.17, 15) is 9.59 Å². The van der Waals surface area contributed by atoms with E-state index in [1.54, 1.807) is 35.2 Å². The number of ether oxygens (including phenoxy) is 1. The highest BCUT2D eigenvalue weighted by molar-refractivity contribution is 7.19. The molecule has 30 heavy (non-hydrogen) atoms.